The quantitative estimate of drug-likeness (QED) is 0.368. The van der Waals surface area contributed by atoms with Crippen molar-refractivity contribution in [3.05, 3.63) is 66.0 Å². The molecule has 170 valence electrons. The fourth-order valence-electron chi connectivity index (χ4n) is 7.86. The Morgan fingerprint density at radius 2 is 1.24 bits per heavy atom. The van der Waals surface area contributed by atoms with E-state index in [1.807, 2.05) is 0 Å². The number of fused-ring (bicyclic) bond motifs is 7. The molecule has 0 spiro atoms. The molecule has 2 atom stereocenters. The summed E-state index contributed by atoms with van der Waals surface area (Å²) >= 11 is 0. The van der Waals surface area contributed by atoms with Gasteiger partial charge < -0.3 is 0 Å². The largest absolute Gasteiger partial charge is 0.245 e. The molecule has 2 nitrogen and oxygen atoms in total. The number of hydrogen-bond acceptors (Lipinski definition) is 0. The molecule has 33 heavy (non-hydrogen) atoms. The summed E-state index contributed by atoms with van der Waals surface area (Å²) < 4.78 is 5.54. The van der Waals surface area contributed by atoms with Crippen LogP contribution in [0.4, 0.5) is 0 Å². The van der Waals surface area contributed by atoms with Gasteiger partial charge in [0.25, 0.3) is 0 Å². The summed E-state index contributed by atoms with van der Waals surface area (Å²) in [4.78, 5) is 0. The van der Waals surface area contributed by atoms with E-state index in [0.29, 0.717) is 12.1 Å². The summed E-state index contributed by atoms with van der Waals surface area (Å²) in [6, 6.07) is 19.9. The van der Waals surface area contributed by atoms with Crippen molar-refractivity contribution in [3.63, 3.8) is 0 Å². The van der Waals surface area contributed by atoms with Gasteiger partial charge in [-0.1, -0.05) is 87.1 Å². The van der Waals surface area contributed by atoms with Crippen LogP contribution in [0.15, 0.2) is 54.9 Å². The molecule has 7 rings (SSSR count). The van der Waals surface area contributed by atoms with Gasteiger partial charge >= 0.3 is 0 Å². The van der Waals surface area contributed by atoms with E-state index < -0.39 is 0 Å². The van der Waals surface area contributed by atoms with Crippen LogP contribution in [0.3, 0.4) is 0 Å². The molecule has 2 heteroatoms. The molecule has 0 saturated heterocycles. The average Bonchev–Trinajstić information content (AvgIpc) is 3.30. The van der Waals surface area contributed by atoms with Crippen molar-refractivity contribution in [2.24, 2.45) is 11.8 Å². The molecule has 0 amide bonds. The molecule has 2 fully saturated rings. The minimum atomic E-state index is 0.618. The normalized spacial score (nSPS) is 25.1. The zero-order valence-electron chi connectivity index (χ0n) is 19.9. The number of imidazole rings is 1. The van der Waals surface area contributed by atoms with Gasteiger partial charge in [-0.15, -0.1) is 0 Å². The molecule has 2 aromatic carbocycles. The molecular formula is C31H37N2+. The zero-order valence-corrected chi connectivity index (χ0v) is 19.9. The van der Waals surface area contributed by atoms with Crippen LogP contribution >= 0.6 is 0 Å². The number of hydrogen-bond donors (Lipinski definition) is 0. The smallest absolute Gasteiger partial charge is 0.226 e. The lowest BCUT2D eigenvalue weighted by Gasteiger charge is -2.32. The maximum absolute atomic E-state index is 2.77. The fraction of sp³-hybridized carbons (Fsp3) is 0.516. The Kier molecular flexibility index (Phi) is 4.95. The molecule has 0 N–H and O–H groups in total. The van der Waals surface area contributed by atoms with Gasteiger partial charge in [-0.25, -0.2) is 9.13 Å². The van der Waals surface area contributed by atoms with Crippen molar-refractivity contribution in [3.8, 4) is 22.5 Å². The molecule has 1 aromatic heterocycles. The Balaban J connectivity index is 1.45. The summed E-state index contributed by atoms with van der Waals surface area (Å²) in [5.74, 6) is 1.65. The highest BCUT2D eigenvalue weighted by atomic mass is 15.2. The maximum atomic E-state index is 2.77. The first kappa shape index (κ1) is 20.1. The van der Waals surface area contributed by atoms with Crippen molar-refractivity contribution in [2.45, 2.75) is 89.1 Å². The minimum absolute atomic E-state index is 0.618. The Morgan fingerprint density at radius 3 is 1.97 bits per heavy atom. The zero-order chi connectivity index (χ0) is 21.8. The van der Waals surface area contributed by atoms with Crippen LogP contribution in [0.5, 0.6) is 0 Å². The third kappa shape index (κ3) is 3.24. The summed E-state index contributed by atoms with van der Waals surface area (Å²) in [5.41, 5.74) is 9.13. The van der Waals surface area contributed by atoms with E-state index >= 15 is 0 Å². The topological polar surface area (TPSA) is 8.81 Å². The van der Waals surface area contributed by atoms with Crippen molar-refractivity contribution in [1.82, 2.24) is 4.57 Å². The highest BCUT2D eigenvalue weighted by Crippen LogP contribution is 2.48. The van der Waals surface area contributed by atoms with E-state index in [9.17, 15) is 0 Å². The molecule has 4 aliphatic rings. The van der Waals surface area contributed by atoms with E-state index in [4.69, 9.17) is 0 Å². The van der Waals surface area contributed by atoms with Gasteiger partial charge in [0.05, 0.1) is 0 Å². The van der Waals surface area contributed by atoms with Crippen molar-refractivity contribution >= 4 is 0 Å². The van der Waals surface area contributed by atoms with E-state index in [-0.39, 0.29) is 0 Å². The fourth-order valence-corrected chi connectivity index (χ4v) is 7.86. The van der Waals surface area contributed by atoms with Crippen molar-refractivity contribution < 1.29 is 4.57 Å². The molecule has 0 radical (unpaired) electrons. The lowest BCUT2D eigenvalue weighted by atomic mass is 9.77. The molecule has 3 aromatic rings. The summed E-state index contributed by atoms with van der Waals surface area (Å²) in [6.07, 6.45) is 19.2. The van der Waals surface area contributed by atoms with Crippen LogP contribution < -0.4 is 4.57 Å². The minimum Gasteiger partial charge on any atom is -0.226 e. The second-order valence-electron chi connectivity index (χ2n) is 11.3. The van der Waals surface area contributed by atoms with E-state index in [2.05, 4.69) is 64.0 Å². The predicted octanol–water partition coefficient (Wildman–Crippen LogP) is 7.46. The third-order valence-electron chi connectivity index (χ3n) is 9.50. The standard InChI is InChI=1S/C31H37N2/c1-3-11-22(12-4-1)28-19-24-15-7-9-17-26(24)30-31-27-18-10-8-16-25(27)20-29(33(31)21-32(28)30)23-13-5-2-6-14-23/h7-10,15-18,21-23,28-29H,1-6,11-14,19-20H2/q+1/t28-,29-/m0/s1. The molecule has 0 bridgehead atoms. The Hall–Kier alpha value is -2.35. The second kappa shape index (κ2) is 8.15. The van der Waals surface area contributed by atoms with E-state index in [1.165, 1.54) is 99.6 Å². The molecular weight excluding hydrogens is 400 g/mol. The lowest BCUT2D eigenvalue weighted by molar-refractivity contribution is -0.722. The Labute approximate surface area is 198 Å². The van der Waals surface area contributed by atoms with Gasteiger partial charge in [0.2, 0.25) is 6.33 Å². The average molecular weight is 438 g/mol. The van der Waals surface area contributed by atoms with Gasteiger partial charge in [-0.2, -0.15) is 0 Å². The number of benzene rings is 2. The number of rotatable bonds is 2. The van der Waals surface area contributed by atoms with Gasteiger partial charge in [-0.05, 0) is 48.6 Å². The highest BCUT2D eigenvalue weighted by Gasteiger charge is 2.44. The van der Waals surface area contributed by atoms with Gasteiger partial charge in [0.1, 0.15) is 12.1 Å². The Morgan fingerprint density at radius 1 is 0.636 bits per heavy atom. The van der Waals surface area contributed by atoms with Gasteiger partial charge in [0, 0.05) is 24.0 Å². The summed E-state index contributed by atoms with van der Waals surface area (Å²) in [7, 11) is 0. The summed E-state index contributed by atoms with van der Waals surface area (Å²) in [6.45, 7) is 0. The van der Waals surface area contributed by atoms with E-state index in [1.54, 1.807) is 11.1 Å². The molecule has 2 aliphatic heterocycles. The lowest BCUT2D eigenvalue weighted by Crippen LogP contribution is -2.48. The molecule has 3 heterocycles. The summed E-state index contributed by atoms with van der Waals surface area (Å²) in [5, 5.41) is 0. The first-order valence-corrected chi connectivity index (χ1v) is 13.7. The van der Waals surface area contributed by atoms with Crippen LogP contribution in [0.25, 0.3) is 22.5 Å². The SMILES string of the molecule is c1ccc2c(c1)C[C@@H](C1CCCCC1)n1c[n+]3c(c1-2)-c1ccccc1C[C@H]3C1CCCCC1. The molecule has 0 unspecified atom stereocenters. The van der Waals surface area contributed by atoms with Crippen LogP contribution in [0.1, 0.15) is 87.4 Å². The highest BCUT2D eigenvalue weighted by molar-refractivity contribution is 5.81. The first-order valence-electron chi connectivity index (χ1n) is 13.7. The second-order valence-corrected chi connectivity index (χ2v) is 11.3. The van der Waals surface area contributed by atoms with Crippen molar-refractivity contribution in [1.29, 1.82) is 0 Å². The van der Waals surface area contributed by atoms with Crippen LogP contribution in [-0.4, -0.2) is 4.57 Å². The van der Waals surface area contributed by atoms with E-state index in [0.717, 1.165) is 11.8 Å². The van der Waals surface area contributed by atoms with Gasteiger partial charge in [-0.3, -0.25) is 0 Å². The maximum Gasteiger partial charge on any atom is 0.245 e. The molecule has 2 saturated carbocycles. The predicted molar refractivity (Wildman–Crippen MR) is 134 cm³/mol. The van der Waals surface area contributed by atoms with Crippen molar-refractivity contribution in [2.75, 3.05) is 0 Å². The first-order chi connectivity index (χ1) is 16.4. The molecule has 2 aliphatic carbocycles. The monoisotopic (exact) mass is 437 g/mol. The Bertz CT molecular complexity index is 1070. The van der Waals surface area contributed by atoms with Crippen LogP contribution in [-0.2, 0) is 12.8 Å². The third-order valence-corrected chi connectivity index (χ3v) is 9.50. The van der Waals surface area contributed by atoms with Gasteiger partial charge in [0.15, 0.2) is 11.4 Å². The number of aromatic nitrogens is 2. The van der Waals surface area contributed by atoms with Crippen LogP contribution in [0, 0.1) is 11.8 Å². The number of nitrogens with zero attached hydrogens (tertiary/aromatic N) is 2. The van der Waals surface area contributed by atoms with Crippen LogP contribution in [0.2, 0.25) is 0 Å².